The fraction of sp³-hybridized carbons (Fsp3) is 0.182. The fourth-order valence-electron chi connectivity index (χ4n) is 1.70. The third-order valence-electron chi connectivity index (χ3n) is 2.55. The van der Waals surface area contributed by atoms with Crippen molar-refractivity contribution in [3.8, 4) is 0 Å². The molecule has 0 aliphatic carbocycles. The van der Waals surface area contributed by atoms with Crippen molar-refractivity contribution < 1.29 is 18.3 Å². The molecule has 3 heterocycles. The number of ether oxygens (including phenoxy) is 1. The Labute approximate surface area is 114 Å². The third kappa shape index (κ3) is 1.96. The van der Waals surface area contributed by atoms with Crippen LogP contribution in [-0.4, -0.2) is 47.9 Å². The highest BCUT2D eigenvalue weighted by atomic mass is 32.2. The molecule has 0 fully saturated rings. The number of nitrogens with zero attached hydrogens (tertiary/aromatic N) is 4. The van der Waals surface area contributed by atoms with Gasteiger partial charge in [0.05, 0.1) is 6.61 Å². The topological polar surface area (TPSA) is 104 Å². The Hall–Kier alpha value is -2.26. The number of aliphatic hydroxyl groups excluding tert-OH is 1. The third-order valence-corrected chi connectivity index (χ3v) is 4.15. The second-order valence-corrected chi connectivity index (χ2v) is 5.61. The van der Waals surface area contributed by atoms with E-state index in [1.54, 1.807) is 12.1 Å². The monoisotopic (exact) mass is 294 g/mol. The molecule has 0 amide bonds. The van der Waals surface area contributed by atoms with Gasteiger partial charge in [-0.2, -0.15) is 22.7 Å². The lowest BCUT2D eigenvalue weighted by atomic mass is 10.4. The highest BCUT2D eigenvalue weighted by Gasteiger charge is 2.41. The standard InChI is InChI=1S/C11H10N4O4S/c16-5-6-19-9-7-8-13-11(14-9)15(8)20(17,18)10-3-1-2-4-12-10/h1-4,7,16H,5-6H2. The van der Waals surface area contributed by atoms with Gasteiger partial charge in [-0.25, -0.2) is 4.98 Å². The van der Waals surface area contributed by atoms with Crippen LogP contribution in [-0.2, 0) is 14.8 Å². The number of aliphatic imine (C=N–C) groups is 2. The molecular weight excluding hydrogens is 284 g/mol. The summed E-state index contributed by atoms with van der Waals surface area (Å²) in [5.74, 6) is 0.473. The highest BCUT2D eigenvalue weighted by molar-refractivity contribution is 7.89. The number of aliphatic hydroxyl groups is 1. The second-order valence-electron chi connectivity index (χ2n) is 3.87. The van der Waals surface area contributed by atoms with E-state index in [-0.39, 0.29) is 35.9 Å². The first-order chi connectivity index (χ1) is 9.63. The Kier molecular flexibility index (Phi) is 2.99. The first-order valence-electron chi connectivity index (χ1n) is 5.72. The molecule has 2 bridgehead atoms. The Morgan fingerprint density at radius 2 is 2.15 bits per heavy atom. The second kappa shape index (κ2) is 4.69. The zero-order valence-electron chi connectivity index (χ0n) is 10.2. The van der Waals surface area contributed by atoms with Crippen molar-refractivity contribution in [2.75, 3.05) is 13.2 Å². The summed E-state index contributed by atoms with van der Waals surface area (Å²) in [5.41, 5.74) is 0. The molecular formula is C11H10N4O4S. The van der Waals surface area contributed by atoms with Crippen LogP contribution in [0.3, 0.4) is 0 Å². The Bertz CT molecular complexity index is 719. The number of fused-ring (bicyclic) bond motifs is 2. The van der Waals surface area contributed by atoms with Crippen LogP contribution >= 0.6 is 0 Å². The molecule has 0 spiro atoms. The molecule has 2 aliphatic rings. The maximum atomic E-state index is 12.3. The predicted molar refractivity (Wildman–Crippen MR) is 69.3 cm³/mol. The molecule has 0 unspecified atom stereocenters. The van der Waals surface area contributed by atoms with E-state index in [1.807, 2.05) is 0 Å². The normalized spacial score (nSPS) is 16.9. The zero-order chi connectivity index (χ0) is 14.2. The van der Waals surface area contributed by atoms with Gasteiger partial charge in [0.2, 0.25) is 5.90 Å². The van der Waals surface area contributed by atoms with E-state index in [4.69, 9.17) is 9.84 Å². The molecule has 8 nitrogen and oxygen atoms in total. The van der Waals surface area contributed by atoms with E-state index in [2.05, 4.69) is 15.0 Å². The number of rotatable bonds is 4. The molecule has 0 saturated heterocycles. The summed E-state index contributed by atoms with van der Waals surface area (Å²) in [6, 6.07) is 4.62. The molecule has 0 radical (unpaired) electrons. The van der Waals surface area contributed by atoms with Gasteiger partial charge in [-0.15, -0.1) is 0 Å². The smallest absolute Gasteiger partial charge is 0.289 e. The molecule has 9 heteroatoms. The summed E-state index contributed by atoms with van der Waals surface area (Å²) in [4.78, 5) is 11.7. The minimum atomic E-state index is -3.79. The number of pyridine rings is 1. The summed E-state index contributed by atoms with van der Waals surface area (Å²) >= 11 is 0. The molecule has 2 aliphatic heterocycles. The lowest BCUT2D eigenvalue weighted by Crippen LogP contribution is -2.45. The maximum Gasteiger partial charge on any atom is 0.289 e. The average molecular weight is 294 g/mol. The highest BCUT2D eigenvalue weighted by Crippen LogP contribution is 2.30. The predicted octanol–water partition coefficient (Wildman–Crippen LogP) is -0.296. The Morgan fingerprint density at radius 3 is 2.75 bits per heavy atom. The quantitative estimate of drug-likeness (QED) is 0.821. The summed E-state index contributed by atoms with van der Waals surface area (Å²) in [5, 5.41) is 8.58. The molecule has 20 heavy (non-hydrogen) atoms. The average Bonchev–Trinajstić information content (AvgIpc) is 2.45. The summed E-state index contributed by atoms with van der Waals surface area (Å²) in [7, 11) is -3.79. The van der Waals surface area contributed by atoms with E-state index < -0.39 is 10.0 Å². The Morgan fingerprint density at radius 1 is 1.30 bits per heavy atom. The van der Waals surface area contributed by atoms with Crippen molar-refractivity contribution >= 4 is 21.9 Å². The molecule has 1 aromatic rings. The summed E-state index contributed by atoms with van der Waals surface area (Å²) < 4.78 is 30.8. The Balaban J connectivity index is 1.86. The van der Waals surface area contributed by atoms with Crippen LogP contribution in [0.25, 0.3) is 0 Å². The van der Waals surface area contributed by atoms with Gasteiger partial charge < -0.3 is 9.84 Å². The van der Waals surface area contributed by atoms with Crippen molar-refractivity contribution in [3.05, 3.63) is 36.3 Å². The molecule has 0 saturated carbocycles. The lowest BCUT2D eigenvalue weighted by Gasteiger charge is -2.32. The van der Waals surface area contributed by atoms with Crippen LogP contribution in [0.5, 0.6) is 0 Å². The molecule has 104 valence electrons. The minimum Gasteiger partial charge on any atom is -0.475 e. The van der Waals surface area contributed by atoms with Crippen molar-refractivity contribution in [2.24, 2.45) is 9.98 Å². The lowest BCUT2D eigenvalue weighted by molar-refractivity contribution is 0.194. The molecule has 1 N–H and O–H groups in total. The van der Waals surface area contributed by atoms with Gasteiger partial charge in [0, 0.05) is 12.3 Å². The first kappa shape index (κ1) is 12.8. The van der Waals surface area contributed by atoms with Crippen molar-refractivity contribution in [3.63, 3.8) is 0 Å². The van der Waals surface area contributed by atoms with Gasteiger partial charge in [-0.1, -0.05) is 6.07 Å². The van der Waals surface area contributed by atoms with Crippen molar-refractivity contribution in [2.45, 2.75) is 5.03 Å². The number of guanidine groups is 1. The molecule has 0 aromatic carbocycles. The molecule has 0 atom stereocenters. The summed E-state index contributed by atoms with van der Waals surface area (Å²) in [6.45, 7) is -0.0620. The van der Waals surface area contributed by atoms with Gasteiger partial charge >= 0.3 is 0 Å². The van der Waals surface area contributed by atoms with E-state index in [0.717, 1.165) is 4.31 Å². The number of sulfonamides is 1. The van der Waals surface area contributed by atoms with Crippen LogP contribution in [0, 0.1) is 0 Å². The van der Waals surface area contributed by atoms with Crippen LogP contribution in [0.2, 0.25) is 0 Å². The number of aromatic nitrogens is 1. The van der Waals surface area contributed by atoms with Crippen molar-refractivity contribution in [1.82, 2.24) is 9.29 Å². The van der Waals surface area contributed by atoms with Gasteiger partial charge in [-0.05, 0) is 12.1 Å². The van der Waals surface area contributed by atoms with Crippen LogP contribution < -0.4 is 0 Å². The van der Waals surface area contributed by atoms with Crippen molar-refractivity contribution in [1.29, 1.82) is 0 Å². The number of hydrogen-bond acceptors (Lipinski definition) is 7. The molecule has 3 rings (SSSR count). The van der Waals surface area contributed by atoms with Crippen LogP contribution in [0.15, 0.2) is 51.3 Å². The number of hydrogen-bond donors (Lipinski definition) is 1. The van der Waals surface area contributed by atoms with Gasteiger partial charge in [0.1, 0.15) is 6.61 Å². The summed E-state index contributed by atoms with van der Waals surface area (Å²) in [6.07, 6.45) is 2.79. The SMILES string of the molecule is O=S(=O)(c1ccccn1)N1C2=CC(OCCO)=NC1=N2. The largest absolute Gasteiger partial charge is 0.475 e. The van der Waals surface area contributed by atoms with E-state index in [0.29, 0.717) is 0 Å². The van der Waals surface area contributed by atoms with E-state index in [1.165, 1.54) is 18.3 Å². The van der Waals surface area contributed by atoms with Gasteiger partial charge in [-0.3, -0.25) is 0 Å². The van der Waals surface area contributed by atoms with E-state index in [9.17, 15) is 8.42 Å². The maximum absolute atomic E-state index is 12.3. The van der Waals surface area contributed by atoms with Gasteiger partial charge in [0.15, 0.2) is 10.8 Å². The van der Waals surface area contributed by atoms with Crippen LogP contribution in [0.1, 0.15) is 0 Å². The van der Waals surface area contributed by atoms with Gasteiger partial charge in [0.25, 0.3) is 16.0 Å². The van der Waals surface area contributed by atoms with E-state index >= 15 is 0 Å². The molecule has 1 aromatic heterocycles. The zero-order valence-corrected chi connectivity index (χ0v) is 11.0. The first-order valence-corrected chi connectivity index (χ1v) is 7.16. The van der Waals surface area contributed by atoms with Crippen LogP contribution in [0.4, 0.5) is 0 Å². The fourth-order valence-corrected chi connectivity index (χ4v) is 2.97. The minimum absolute atomic E-state index is 0.0288.